The molecule has 3 heteroatoms. The van der Waals surface area contributed by atoms with Crippen LogP contribution in [0.15, 0.2) is 22.7 Å². The molecule has 2 rings (SSSR count). The van der Waals surface area contributed by atoms with Crippen molar-refractivity contribution in [2.24, 2.45) is 5.41 Å². The first kappa shape index (κ1) is 15.0. The average Bonchev–Trinajstić information content (AvgIpc) is 2.38. The van der Waals surface area contributed by atoms with Crippen LogP contribution >= 0.6 is 15.9 Å². The third kappa shape index (κ3) is 4.30. The van der Waals surface area contributed by atoms with Gasteiger partial charge in [0.15, 0.2) is 0 Å². The smallest absolute Gasteiger partial charge is 0.0207 e. The molecule has 1 saturated heterocycles. The molecule has 1 fully saturated rings. The van der Waals surface area contributed by atoms with Crippen LogP contribution in [0.5, 0.6) is 0 Å². The zero-order valence-corrected chi connectivity index (χ0v) is 13.9. The maximum Gasteiger partial charge on any atom is 0.0207 e. The maximum atomic E-state index is 3.63. The molecule has 0 saturated carbocycles. The number of benzene rings is 1. The van der Waals surface area contributed by atoms with Gasteiger partial charge in [-0.2, -0.15) is 0 Å². The lowest BCUT2D eigenvalue weighted by Crippen LogP contribution is -2.41. The normalized spacial score (nSPS) is 19.6. The van der Waals surface area contributed by atoms with E-state index in [0.29, 0.717) is 5.41 Å². The molecule has 1 aromatic carbocycles. The highest BCUT2D eigenvalue weighted by Gasteiger charge is 2.28. The Kier molecular flexibility index (Phi) is 5.04. The van der Waals surface area contributed by atoms with Gasteiger partial charge in [0.05, 0.1) is 0 Å². The van der Waals surface area contributed by atoms with Crippen LogP contribution in [0.1, 0.15) is 30.9 Å². The lowest BCUT2D eigenvalue weighted by molar-refractivity contribution is 0.137. The largest absolute Gasteiger partial charge is 0.312 e. The molecule has 1 aliphatic rings. The molecule has 0 spiro atoms. The molecular weight excluding hydrogens is 300 g/mol. The standard InChI is InChI=1S/C16H25BrN2/c1-13-4-5-14(10-15(13)17)11-18-12-16(2)6-8-19(3)9-7-16/h4-5,10,18H,6-9,11-12H2,1-3H3. The highest BCUT2D eigenvalue weighted by Crippen LogP contribution is 2.29. The van der Waals surface area contributed by atoms with E-state index in [4.69, 9.17) is 0 Å². The topological polar surface area (TPSA) is 15.3 Å². The minimum absolute atomic E-state index is 0.467. The van der Waals surface area contributed by atoms with Crippen molar-refractivity contribution in [3.63, 3.8) is 0 Å². The Morgan fingerprint density at radius 3 is 2.63 bits per heavy atom. The molecule has 0 amide bonds. The molecule has 2 nitrogen and oxygen atoms in total. The van der Waals surface area contributed by atoms with Gasteiger partial charge in [0.2, 0.25) is 0 Å². The monoisotopic (exact) mass is 324 g/mol. The van der Waals surface area contributed by atoms with Crippen molar-refractivity contribution >= 4 is 15.9 Å². The quantitative estimate of drug-likeness (QED) is 0.910. The van der Waals surface area contributed by atoms with E-state index >= 15 is 0 Å². The van der Waals surface area contributed by atoms with Crippen LogP contribution in [-0.2, 0) is 6.54 Å². The number of piperidine rings is 1. The number of likely N-dealkylation sites (tertiary alicyclic amines) is 1. The Hall–Kier alpha value is -0.380. The molecule has 19 heavy (non-hydrogen) atoms. The number of nitrogens with one attached hydrogen (secondary N) is 1. The van der Waals surface area contributed by atoms with Crippen molar-refractivity contribution in [2.75, 3.05) is 26.7 Å². The van der Waals surface area contributed by atoms with E-state index in [1.165, 1.54) is 41.5 Å². The summed E-state index contributed by atoms with van der Waals surface area (Å²) in [5, 5.41) is 3.63. The van der Waals surface area contributed by atoms with E-state index in [1.54, 1.807) is 0 Å². The third-order valence-corrected chi connectivity index (χ3v) is 5.17. The van der Waals surface area contributed by atoms with Gasteiger partial charge >= 0.3 is 0 Å². The number of nitrogens with zero attached hydrogens (tertiary/aromatic N) is 1. The second-order valence-corrected chi connectivity index (χ2v) is 7.16. The van der Waals surface area contributed by atoms with E-state index in [1.807, 2.05) is 0 Å². The molecule has 0 atom stereocenters. The van der Waals surface area contributed by atoms with Crippen LogP contribution in [0.4, 0.5) is 0 Å². The summed E-state index contributed by atoms with van der Waals surface area (Å²) in [4.78, 5) is 2.43. The zero-order valence-electron chi connectivity index (χ0n) is 12.3. The fourth-order valence-corrected chi connectivity index (χ4v) is 3.02. The lowest BCUT2D eigenvalue weighted by Gasteiger charge is -2.38. The Labute approximate surface area is 125 Å². The van der Waals surface area contributed by atoms with Crippen LogP contribution in [0.25, 0.3) is 0 Å². The van der Waals surface area contributed by atoms with Gasteiger partial charge < -0.3 is 10.2 Å². The summed E-state index contributed by atoms with van der Waals surface area (Å²) < 4.78 is 1.21. The SMILES string of the molecule is Cc1ccc(CNCC2(C)CCN(C)CC2)cc1Br. The van der Waals surface area contributed by atoms with Crippen molar-refractivity contribution < 1.29 is 0 Å². The van der Waals surface area contributed by atoms with Gasteiger partial charge in [0, 0.05) is 17.6 Å². The van der Waals surface area contributed by atoms with Crippen LogP contribution in [0, 0.1) is 12.3 Å². The molecule has 0 aromatic heterocycles. The van der Waals surface area contributed by atoms with Gasteiger partial charge in [0.1, 0.15) is 0 Å². The molecule has 1 N–H and O–H groups in total. The second-order valence-electron chi connectivity index (χ2n) is 6.30. The first-order valence-electron chi connectivity index (χ1n) is 7.13. The Morgan fingerprint density at radius 1 is 1.32 bits per heavy atom. The lowest BCUT2D eigenvalue weighted by atomic mass is 9.80. The van der Waals surface area contributed by atoms with Crippen LogP contribution < -0.4 is 5.32 Å². The molecule has 106 valence electrons. The third-order valence-electron chi connectivity index (χ3n) is 4.31. The highest BCUT2D eigenvalue weighted by molar-refractivity contribution is 9.10. The molecular formula is C16H25BrN2. The zero-order chi connectivity index (χ0) is 13.9. The Bertz CT molecular complexity index is 423. The Morgan fingerprint density at radius 2 is 2.00 bits per heavy atom. The van der Waals surface area contributed by atoms with E-state index < -0.39 is 0 Å². The van der Waals surface area contributed by atoms with Crippen molar-refractivity contribution in [3.8, 4) is 0 Å². The summed E-state index contributed by atoms with van der Waals surface area (Å²) in [6.45, 7) is 9.08. The average molecular weight is 325 g/mol. The minimum Gasteiger partial charge on any atom is -0.312 e. The van der Waals surface area contributed by atoms with Crippen molar-refractivity contribution in [3.05, 3.63) is 33.8 Å². The summed E-state index contributed by atoms with van der Waals surface area (Å²) >= 11 is 3.60. The molecule has 0 unspecified atom stereocenters. The first-order chi connectivity index (χ1) is 8.98. The van der Waals surface area contributed by atoms with Crippen molar-refractivity contribution in [1.29, 1.82) is 0 Å². The van der Waals surface area contributed by atoms with Gasteiger partial charge in [-0.15, -0.1) is 0 Å². The predicted molar refractivity (Wildman–Crippen MR) is 85.4 cm³/mol. The van der Waals surface area contributed by atoms with Crippen molar-refractivity contribution in [1.82, 2.24) is 10.2 Å². The highest BCUT2D eigenvalue weighted by atomic mass is 79.9. The summed E-state index contributed by atoms with van der Waals surface area (Å²) in [5.74, 6) is 0. The molecule has 1 heterocycles. The number of aryl methyl sites for hydroxylation is 1. The van der Waals surface area contributed by atoms with Gasteiger partial charge in [-0.05, 0) is 62.5 Å². The van der Waals surface area contributed by atoms with E-state index in [2.05, 4.69) is 65.2 Å². The molecule has 0 radical (unpaired) electrons. The summed E-state index contributed by atoms with van der Waals surface area (Å²) in [6, 6.07) is 6.61. The van der Waals surface area contributed by atoms with Crippen molar-refractivity contribution in [2.45, 2.75) is 33.2 Å². The molecule has 1 aromatic rings. The van der Waals surface area contributed by atoms with E-state index in [0.717, 1.165) is 13.1 Å². The van der Waals surface area contributed by atoms with Gasteiger partial charge in [-0.3, -0.25) is 0 Å². The number of hydrogen-bond donors (Lipinski definition) is 1. The van der Waals surface area contributed by atoms with Crippen LogP contribution in [-0.4, -0.2) is 31.6 Å². The predicted octanol–water partition coefficient (Wildman–Crippen LogP) is 3.58. The number of rotatable bonds is 4. The van der Waals surface area contributed by atoms with Crippen LogP contribution in [0.3, 0.4) is 0 Å². The summed E-state index contributed by atoms with van der Waals surface area (Å²) in [6.07, 6.45) is 2.60. The summed E-state index contributed by atoms with van der Waals surface area (Å²) in [5.41, 5.74) is 3.12. The summed E-state index contributed by atoms with van der Waals surface area (Å²) in [7, 11) is 2.22. The maximum absolute atomic E-state index is 3.63. The second kappa shape index (κ2) is 6.38. The van der Waals surface area contributed by atoms with Gasteiger partial charge in [-0.25, -0.2) is 0 Å². The number of halogens is 1. The fraction of sp³-hybridized carbons (Fsp3) is 0.625. The van der Waals surface area contributed by atoms with Gasteiger partial charge in [-0.1, -0.05) is 35.0 Å². The van der Waals surface area contributed by atoms with E-state index in [-0.39, 0.29) is 0 Å². The molecule has 0 bridgehead atoms. The first-order valence-corrected chi connectivity index (χ1v) is 7.92. The van der Waals surface area contributed by atoms with Gasteiger partial charge in [0.25, 0.3) is 0 Å². The van der Waals surface area contributed by atoms with E-state index in [9.17, 15) is 0 Å². The van der Waals surface area contributed by atoms with Crippen LogP contribution in [0.2, 0.25) is 0 Å². The Balaban J connectivity index is 1.81. The minimum atomic E-state index is 0.467. The fourth-order valence-electron chi connectivity index (χ4n) is 2.59. The molecule has 1 aliphatic heterocycles. The number of hydrogen-bond acceptors (Lipinski definition) is 2. The molecule has 0 aliphatic carbocycles.